The van der Waals surface area contributed by atoms with E-state index in [0.717, 1.165) is 0 Å². The number of fused-ring (bicyclic) bond motifs is 3. The van der Waals surface area contributed by atoms with Gasteiger partial charge in [0.05, 0.1) is 5.70 Å². The van der Waals surface area contributed by atoms with Gasteiger partial charge in [0.15, 0.2) is 0 Å². The average Bonchev–Trinajstić information content (AvgIpc) is 2.29. The summed E-state index contributed by atoms with van der Waals surface area (Å²) in [5.41, 5.74) is 3.74. The third-order valence-corrected chi connectivity index (χ3v) is 2.48. The zero-order valence-electron chi connectivity index (χ0n) is 7.64. The lowest BCUT2D eigenvalue weighted by Crippen LogP contribution is -2.18. The number of nitrogens with zero attached hydrogens (tertiary/aromatic N) is 1. The molecule has 3 rings (SSSR count). The molecule has 0 saturated carbocycles. The molecule has 1 aromatic carbocycles. The summed E-state index contributed by atoms with van der Waals surface area (Å²) in [6.45, 7) is 0. The van der Waals surface area contributed by atoms with Gasteiger partial charge in [-0.05, 0) is 11.6 Å². The Morgan fingerprint density at radius 2 is 2.00 bits per heavy atom. The van der Waals surface area contributed by atoms with E-state index in [-0.39, 0.29) is 0 Å². The minimum Gasteiger partial charge on any atom is -0.365 e. The first-order valence-corrected chi connectivity index (χ1v) is 4.64. The molecule has 2 heteroatoms. The van der Waals surface area contributed by atoms with Crippen LogP contribution in [0.4, 0.5) is 0 Å². The molecule has 2 aliphatic rings. The normalized spacial score (nSPS) is 16.9. The molecule has 2 aliphatic heterocycles. The summed E-state index contributed by atoms with van der Waals surface area (Å²) in [5, 5.41) is 3.11. The molecule has 0 fully saturated rings. The summed E-state index contributed by atoms with van der Waals surface area (Å²) in [7, 11) is 0. The van der Waals surface area contributed by atoms with Crippen LogP contribution >= 0.6 is 0 Å². The van der Waals surface area contributed by atoms with E-state index in [1.54, 1.807) is 0 Å². The standard InChI is InChI=1S/C12H10N2/c1-2-4-11-10(3-1)5-7-14-8-6-13-9-12(11)14/h1-9,13H. The molecule has 0 saturated heterocycles. The zero-order valence-corrected chi connectivity index (χ0v) is 7.64. The monoisotopic (exact) mass is 182 g/mol. The Labute approximate surface area is 82.9 Å². The Balaban J connectivity index is 2.20. The summed E-state index contributed by atoms with van der Waals surface area (Å²) in [4.78, 5) is 2.11. The first-order chi connectivity index (χ1) is 6.95. The van der Waals surface area contributed by atoms with Crippen LogP contribution in [0.15, 0.2) is 49.1 Å². The van der Waals surface area contributed by atoms with Crippen LogP contribution in [0.1, 0.15) is 11.1 Å². The summed E-state index contributed by atoms with van der Waals surface area (Å²) >= 11 is 0. The molecule has 1 N–H and O–H groups in total. The SMILES string of the molecule is C1=CN2C=Cc3ccccc3C2=CN1. The van der Waals surface area contributed by atoms with E-state index in [1.165, 1.54) is 16.8 Å². The van der Waals surface area contributed by atoms with E-state index in [4.69, 9.17) is 0 Å². The van der Waals surface area contributed by atoms with Crippen molar-refractivity contribution in [2.45, 2.75) is 0 Å². The Morgan fingerprint density at radius 1 is 1.07 bits per heavy atom. The minimum absolute atomic E-state index is 1.20. The van der Waals surface area contributed by atoms with Gasteiger partial charge in [-0.1, -0.05) is 24.3 Å². The lowest BCUT2D eigenvalue weighted by atomic mass is 10.0. The number of nitrogens with one attached hydrogen (secondary N) is 1. The predicted molar refractivity (Wildman–Crippen MR) is 57.6 cm³/mol. The molecule has 1 aromatic rings. The van der Waals surface area contributed by atoms with Gasteiger partial charge >= 0.3 is 0 Å². The molecule has 2 heterocycles. The van der Waals surface area contributed by atoms with Crippen molar-refractivity contribution in [3.05, 3.63) is 60.2 Å². The van der Waals surface area contributed by atoms with Crippen LogP contribution in [0.5, 0.6) is 0 Å². The van der Waals surface area contributed by atoms with Crippen molar-refractivity contribution in [3.63, 3.8) is 0 Å². The topological polar surface area (TPSA) is 15.3 Å². The molecule has 68 valence electrons. The minimum atomic E-state index is 1.20. The van der Waals surface area contributed by atoms with Crippen LogP contribution in [0.25, 0.3) is 11.8 Å². The van der Waals surface area contributed by atoms with Gasteiger partial charge < -0.3 is 10.2 Å². The Bertz CT molecular complexity index is 455. The summed E-state index contributed by atoms with van der Waals surface area (Å²) in [6.07, 6.45) is 10.2. The quantitative estimate of drug-likeness (QED) is 0.662. The molecule has 0 atom stereocenters. The van der Waals surface area contributed by atoms with Crippen LogP contribution in [-0.2, 0) is 0 Å². The van der Waals surface area contributed by atoms with Crippen molar-refractivity contribution in [1.29, 1.82) is 0 Å². The molecular weight excluding hydrogens is 172 g/mol. The van der Waals surface area contributed by atoms with E-state index < -0.39 is 0 Å². The van der Waals surface area contributed by atoms with E-state index in [1.807, 2.05) is 18.6 Å². The lowest BCUT2D eigenvalue weighted by Gasteiger charge is -2.27. The lowest BCUT2D eigenvalue weighted by molar-refractivity contribution is 0.697. The molecule has 0 radical (unpaired) electrons. The second-order valence-electron chi connectivity index (χ2n) is 3.32. The fourth-order valence-electron chi connectivity index (χ4n) is 1.79. The van der Waals surface area contributed by atoms with E-state index in [9.17, 15) is 0 Å². The van der Waals surface area contributed by atoms with Crippen molar-refractivity contribution >= 4 is 11.8 Å². The predicted octanol–water partition coefficient (Wildman–Crippen LogP) is 2.35. The van der Waals surface area contributed by atoms with Gasteiger partial charge in [0, 0.05) is 30.4 Å². The maximum atomic E-state index is 3.11. The number of benzene rings is 1. The van der Waals surface area contributed by atoms with Crippen LogP contribution in [0.2, 0.25) is 0 Å². The van der Waals surface area contributed by atoms with Crippen LogP contribution in [0, 0.1) is 0 Å². The highest BCUT2D eigenvalue weighted by Crippen LogP contribution is 2.29. The molecule has 0 aliphatic carbocycles. The Morgan fingerprint density at radius 3 is 3.00 bits per heavy atom. The fraction of sp³-hybridized carbons (Fsp3) is 0. The van der Waals surface area contributed by atoms with Crippen molar-refractivity contribution < 1.29 is 0 Å². The summed E-state index contributed by atoms with van der Waals surface area (Å²) < 4.78 is 0. The van der Waals surface area contributed by atoms with Crippen LogP contribution < -0.4 is 5.32 Å². The maximum absolute atomic E-state index is 3.11. The Hall–Kier alpha value is -1.96. The van der Waals surface area contributed by atoms with Gasteiger partial charge in [-0.2, -0.15) is 0 Å². The third-order valence-electron chi connectivity index (χ3n) is 2.48. The van der Waals surface area contributed by atoms with Crippen molar-refractivity contribution in [2.24, 2.45) is 0 Å². The second-order valence-corrected chi connectivity index (χ2v) is 3.32. The number of rotatable bonds is 0. The molecule has 0 bridgehead atoms. The van der Waals surface area contributed by atoms with Gasteiger partial charge in [0.25, 0.3) is 0 Å². The second kappa shape index (κ2) is 2.77. The highest BCUT2D eigenvalue weighted by Gasteiger charge is 2.15. The average molecular weight is 182 g/mol. The fourth-order valence-corrected chi connectivity index (χ4v) is 1.79. The zero-order chi connectivity index (χ0) is 9.38. The molecule has 0 aromatic heterocycles. The van der Waals surface area contributed by atoms with Crippen LogP contribution in [0.3, 0.4) is 0 Å². The summed E-state index contributed by atoms with van der Waals surface area (Å²) in [6, 6.07) is 8.39. The van der Waals surface area contributed by atoms with Gasteiger partial charge in [0.2, 0.25) is 0 Å². The first kappa shape index (κ1) is 7.44. The van der Waals surface area contributed by atoms with Gasteiger partial charge in [-0.3, -0.25) is 0 Å². The van der Waals surface area contributed by atoms with E-state index >= 15 is 0 Å². The summed E-state index contributed by atoms with van der Waals surface area (Å²) in [5.74, 6) is 0. The Kier molecular flexibility index (Phi) is 1.47. The molecule has 2 nitrogen and oxygen atoms in total. The van der Waals surface area contributed by atoms with Gasteiger partial charge in [-0.25, -0.2) is 0 Å². The van der Waals surface area contributed by atoms with Gasteiger partial charge in [-0.15, -0.1) is 0 Å². The number of hydrogen-bond acceptors (Lipinski definition) is 2. The molecule has 0 spiro atoms. The highest BCUT2D eigenvalue weighted by molar-refractivity contribution is 5.78. The smallest absolute Gasteiger partial charge is 0.0690 e. The largest absolute Gasteiger partial charge is 0.365 e. The van der Waals surface area contributed by atoms with E-state index in [2.05, 4.69) is 46.8 Å². The molecule has 0 unspecified atom stereocenters. The van der Waals surface area contributed by atoms with Crippen molar-refractivity contribution in [1.82, 2.24) is 10.2 Å². The van der Waals surface area contributed by atoms with Gasteiger partial charge in [0.1, 0.15) is 0 Å². The van der Waals surface area contributed by atoms with E-state index in [0.29, 0.717) is 0 Å². The molecule has 14 heavy (non-hydrogen) atoms. The molecular formula is C12H10N2. The highest BCUT2D eigenvalue weighted by atomic mass is 15.1. The maximum Gasteiger partial charge on any atom is 0.0690 e. The first-order valence-electron chi connectivity index (χ1n) is 4.64. The van der Waals surface area contributed by atoms with Crippen molar-refractivity contribution in [3.8, 4) is 0 Å². The number of hydrogen-bond donors (Lipinski definition) is 1. The van der Waals surface area contributed by atoms with Crippen molar-refractivity contribution in [2.75, 3.05) is 0 Å². The third kappa shape index (κ3) is 0.973. The van der Waals surface area contributed by atoms with Crippen LogP contribution in [-0.4, -0.2) is 4.90 Å². The molecule has 0 amide bonds.